The summed E-state index contributed by atoms with van der Waals surface area (Å²) in [5, 5.41) is 0.310. The minimum absolute atomic E-state index is 0.0458. The van der Waals surface area contributed by atoms with Crippen LogP contribution >= 0.6 is 11.6 Å². The molecule has 1 amide bonds. The van der Waals surface area contributed by atoms with Crippen LogP contribution in [-0.4, -0.2) is 54.7 Å². The van der Waals surface area contributed by atoms with Gasteiger partial charge in [0.1, 0.15) is 0 Å². The summed E-state index contributed by atoms with van der Waals surface area (Å²) in [5.74, 6) is -0.254. The molecular formula is C20H22ClN3O2. The quantitative estimate of drug-likeness (QED) is 0.665. The lowest BCUT2D eigenvalue weighted by molar-refractivity contribution is 0.0664. The van der Waals surface area contributed by atoms with Crippen LogP contribution < -0.4 is 5.73 Å². The van der Waals surface area contributed by atoms with Crippen molar-refractivity contribution in [2.24, 2.45) is 0 Å². The van der Waals surface area contributed by atoms with Gasteiger partial charge in [-0.05, 0) is 49.9 Å². The predicted molar refractivity (Wildman–Crippen MR) is 104 cm³/mol. The van der Waals surface area contributed by atoms with Gasteiger partial charge in [0.2, 0.25) is 0 Å². The van der Waals surface area contributed by atoms with Crippen LogP contribution in [-0.2, 0) is 0 Å². The first-order chi connectivity index (χ1) is 12.4. The van der Waals surface area contributed by atoms with Crippen LogP contribution in [0.2, 0.25) is 5.02 Å². The summed E-state index contributed by atoms with van der Waals surface area (Å²) in [6.45, 7) is 4.93. The molecule has 1 saturated heterocycles. The number of nitrogens with zero attached hydrogens (tertiary/aromatic N) is 2. The lowest BCUT2D eigenvalue weighted by atomic mass is 9.96. The van der Waals surface area contributed by atoms with E-state index in [9.17, 15) is 9.59 Å². The molecule has 0 aromatic heterocycles. The number of hydrogen-bond acceptors (Lipinski definition) is 4. The van der Waals surface area contributed by atoms with Crippen molar-refractivity contribution in [2.45, 2.75) is 6.92 Å². The topological polar surface area (TPSA) is 66.6 Å². The van der Waals surface area contributed by atoms with Crippen LogP contribution in [0.1, 0.15) is 31.8 Å². The lowest BCUT2D eigenvalue weighted by Crippen LogP contribution is -2.47. The first-order valence-electron chi connectivity index (χ1n) is 8.55. The number of piperazine rings is 1. The highest BCUT2D eigenvalue weighted by Crippen LogP contribution is 2.24. The van der Waals surface area contributed by atoms with Crippen LogP contribution in [0.3, 0.4) is 0 Å². The Bertz CT molecular complexity index is 858. The second-order valence-corrected chi connectivity index (χ2v) is 7.10. The summed E-state index contributed by atoms with van der Waals surface area (Å²) >= 11 is 6.18. The second kappa shape index (κ2) is 7.48. The maximum absolute atomic E-state index is 12.9. The number of carbonyl (C=O) groups is 2. The van der Waals surface area contributed by atoms with E-state index in [1.54, 1.807) is 30.3 Å². The Morgan fingerprint density at radius 2 is 1.69 bits per heavy atom. The normalized spacial score (nSPS) is 15.1. The Morgan fingerprint density at radius 1 is 1.00 bits per heavy atom. The first kappa shape index (κ1) is 18.4. The third-order valence-corrected chi connectivity index (χ3v) is 5.07. The van der Waals surface area contributed by atoms with Gasteiger partial charge in [0.05, 0.1) is 5.02 Å². The van der Waals surface area contributed by atoms with Gasteiger partial charge in [0.25, 0.3) is 5.91 Å². The number of ketones is 1. The third kappa shape index (κ3) is 3.74. The van der Waals surface area contributed by atoms with Gasteiger partial charge in [-0.15, -0.1) is 0 Å². The molecule has 1 heterocycles. The smallest absolute Gasteiger partial charge is 0.253 e. The maximum atomic E-state index is 12.9. The summed E-state index contributed by atoms with van der Waals surface area (Å²) in [5.41, 5.74) is 8.40. The molecule has 0 saturated carbocycles. The van der Waals surface area contributed by atoms with Crippen molar-refractivity contribution in [3.05, 3.63) is 63.7 Å². The molecule has 2 aromatic carbocycles. The zero-order chi connectivity index (χ0) is 18.8. The highest BCUT2D eigenvalue weighted by molar-refractivity contribution is 6.35. The maximum Gasteiger partial charge on any atom is 0.253 e. The molecule has 0 bridgehead atoms. The van der Waals surface area contributed by atoms with E-state index >= 15 is 0 Å². The number of rotatable bonds is 3. The number of likely N-dealkylation sites (N-methyl/N-ethyl adjacent to an activating group) is 1. The third-order valence-electron chi connectivity index (χ3n) is 4.76. The largest absolute Gasteiger partial charge is 0.399 e. The fraction of sp³-hybridized carbons (Fsp3) is 0.300. The number of benzene rings is 2. The Hall–Kier alpha value is -2.37. The Morgan fingerprint density at radius 3 is 2.35 bits per heavy atom. The molecule has 1 fully saturated rings. The summed E-state index contributed by atoms with van der Waals surface area (Å²) in [6, 6.07) is 10.1. The van der Waals surface area contributed by atoms with Crippen molar-refractivity contribution in [3.8, 4) is 0 Å². The van der Waals surface area contributed by atoms with Crippen LogP contribution in [0.15, 0.2) is 36.4 Å². The van der Waals surface area contributed by atoms with E-state index in [1.165, 1.54) is 0 Å². The number of hydrogen-bond donors (Lipinski definition) is 1. The van der Waals surface area contributed by atoms with E-state index in [4.69, 9.17) is 17.3 Å². The second-order valence-electron chi connectivity index (χ2n) is 6.69. The van der Waals surface area contributed by atoms with Crippen LogP contribution in [0, 0.1) is 6.92 Å². The van der Waals surface area contributed by atoms with Crippen LogP contribution in [0.25, 0.3) is 0 Å². The molecule has 3 rings (SSSR count). The van der Waals surface area contributed by atoms with Gasteiger partial charge in [0.15, 0.2) is 5.78 Å². The molecule has 0 unspecified atom stereocenters. The zero-order valence-corrected chi connectivity index (χ0v) is 15.7. The molecule has 1 aliphatic rings. The molecule has 1 aliphatic heterocycles. The summed E-state index contributed by atoms with van der Waals surface area (Å²) in [4.78, 5) is 29.8. The van der Waals surface area contributed by atoms with Gasteiger partial charge in [-0.3, -0.25) is 9.59 Å². The summed E-state index contributed by atoms with van der Waals surface area (Å²) < 4.78 is 0. The molecule has 26 heavy (non-hydrogen) atoms. The van der Waals surface area contributed by atoms with Crippen LogP contribution in [0.4, 0.5) is 5.69 Å². The number of carbonyl (C=O) groups excluding carboxylic acids is 2. The average Bonchev–Trinajstić information content (AvgIpc) is 2.62. The van der Waals surface area contributed by atoms with E-state index in [1.807, 2.05) is 24.9 Å². The van der Waals surface area contributed by atoms with E-state index in [-0.39, 0.29) is 11.7 Å². The minimum atomic E-state index is -0.208. The number of nitrogens with two attached hydrogens (primary N) is 1. The van der Waals surface area contributed by atoms with Crippen molar-refractivity contribution in [1.82, 2.24) is 9.80 Å². The molecule has 2 aromatic rings. The van der Waals surface area contributed by atoms with Gasteiger partial charge in [-0.25, -0.2) is 0 Å². The van der Waals surface area contributed by atoms with Crippen molar-refractivity contribution >= 4 is 29.0 Å². The molecule has 0 spiro atoms. The molecular weight excluding hydrogens is 350 g/mol. The number of aryl methyl sites for hydroxylation is 1. The van der Waals surface area contributed by atoms with Gasteiger partial charge in [0, 0.05) is 48.6 Å². The standard InChI is InChI=1S/C20H22ClN3O2/c1-13-3-4-14(20(26)24-9-7-23(2)8-10-24)11-17(13)19(25)16-6-5-15(22)12-18(16)21/h3-6,11-12H,7-10,22H2,1-2H3. The molecule has 2 N–H and O–H groups in total. The lowest BCUT2D eigenvalue weighted by Gasteiger charge is -2.32. The van der Waals surface area contributed by atoms with Crippen molar-refractivity contribution in [1.29, 1.82) is 0 Å². The molecule has 0 radical (unpaired) electrons. The fourth-order valence-electron chi connectivity index (χ4n) is 3.05. The SMILES string of the molecule is Cc1ccc(C(=O)N2CCN(C)CC2)cc1C(=O)c1ccc(N)cc1Cl. The Balaban J connectivity index is 1.90. The number of anilines is 1. The van der Waals surface area contributed by atoms with E-state index < -0.39 is 0 Å². The Kier molecular flexibility index (Phi) is 5.30. The molecule has 5 nitrogen and oxygen atoms in total. The van der Waals surface area contributed by atoms with Gasteiger partial charge in [-0.2, -0.15) is 0 Å². The van der Waals surface area contributed by atoms with Crippen molar-refractivity contribution in [3.63, 3.8) is 0 Å². The number of amides is 1. The molecule has 0 atom stereocenters. The number of nitrogen functional groups attached to an aromatic ring is 1. The minimum Gasteiger partial charge on any atom is -0.399 e. The van der Waals surface area contributed by atoms with E-state index in [0.717, 1.165) is 18.7 Å². The van der Waals surface area contributed by atoms with E-state index in [0.29, 0.717) is 40.5 Å². The van der Waals surface area contributed by atoms with E-state index in [2.05, 4.69) is 4.90 Å². The van der Waals surface area contributed by atoms with Crippen molar-refractivity contribution in [2.75, 3.05) is 39.0 Å². The molecule has 136 valence electrons. The summed E-state index contributed by atoms with van der Waals surface area (Å²) in [6.07, 6.45) is 0. The zero-order valence-electron chi connectivity index (χ0n) is 15.0. The first-order valence-corrected chi connectivity index (χ1v) is 8.93. The highest BCUT2D eigenvalue weighted by atomic mass is 35.5. The molecule has 0 aliphatic carbocycles. The van der Waals surface area contributed by atoms with Gasteiger partial charge >= 0.3 is 0 Å². The van der Waals surface area contributed by atoms with Crippen molar-refractivity contribution < 1.29 is 9.59 Å². The van der Waals surface area contributed by atoms with Crippen LogP contribution in [0.5, 0.6) is 0 Å². The predicted octanol–water partition coefficient (Wildman–Crippen LogP) is 2.85. The summed E-state index contributed by atoms with van der Waals surface area (Å²) in [7, 11) is 2.04. The Labute approximate surface area is 158 Å². The number of halogens is 1. The average molecular weight is 372 g/mol. The fourth-order valence-corrected chi connectivity index (χ4v) is 3.33. The molecule has 6 heteroatoms. The highest BCUT2D eigenvalue weighted by Gasteiger charge is 2.22. The van der Waals surface area contributed by atoms with Gasteiger partial charge < -0.3 is 15.5 Å². The van der Waals surface area contributed by atoms with Gasteiger partial charge in [-0.1, -0.05) is 17.7 Å². The monoisotopic (exact) mass is 371 g/mol.